The van der Waals surface area contributed by atoms with Gasteiger partial charge in [0.1, 0.15) is 0 Å². The molecule has 0 radical (unpaired) electrons. The first-order valence-corrected chi connectivity index (χ1v) is 15.7. The van der Waals surface area contributed by atoms with E-state index in [2.05, 4.69) is 44.3 Å². The highest BCUT2D eigenvalue weighted by atomic mass is 32.2. The van der Waals surface area contributed by atoms with Gasteiger partial charge >= 0.3 is 0 Å². The lowest BCUT2D eigenvalue weighted by atomic mass is 10.1. The summed E-state index contributed by atoms with van der Waals surface area (Å²) in [5.74, 6) is 4.13. The molecule has 0 nitrogen and oxygen atoms in total. The van der Waals surface area contributed by atoms with Gasteiger partial charge in [0.05, 0.1) is 0 Å². The predicted octanol–water partition coefficient (Wildman–Crippen LogP) is 10.7. The van der Waals surface area contributed by atoms with Crippen molar-refractivity contribution in [2.24, 2.45) is 0 Å². The van der Waals surface area contributed by atoms with Crippen LogP contribution in [0, 0.1) is 0 Å². The number of hydrogen-bond acceptors (Lipinski definition) is 2. The summed E-state index contributed by atoms with van der Waals surface area (Å²) in [4.78, 5) is 0. The van der Waals surface area contributed by atoms with Crippen molar-refractivity contribution < 1.29 is 0 Å². The Balaban J connectivity index is 3.12. The summed E-state index contributed by atoms with van der Waals surface area (Å²) in [7, 11) is 0. The topological polar surface area (TPSA) is 0 Å². The third kappa shape index (κ3) is 26.7. The van der Waals surface area contributed by atoms with E-state index < -0.39 is 0 Å². The monoisotopic (exact) mass is 444 g/mol. The van der Waals surface area contributed by atoms with E-state index in [1.54, 1.807) is 0 Å². The van der Waals surface area contributed by atoms with Crippen molar-refractivity contribution >= 4 is 23.5 Å². The van der Waals surface area contributed by atoms with Crippen LogP contribution in [0.1, 0.15) is 149 Å². The summed E-state index contributed by atoms with van der Waals surface area (Å²) in [6.07, 6.45) is 29.1. The van der Waals surface area contributed by atoms with Crippen LogP contribution in [-0.4, -0.2) is 22.5 Å². The maximum absolute atomic E-state index is 2.44. The normalized spacial score (nSPS) is 12.5. The standard InChI is InChI=1S/C27H56S2/c1-4-6-8-10-12-14-16-18-20-22-24-28-26-27(3)29-25-23-21-19-17-15-13-11-9-7-5-2/h27H,4-26H2,1-3H3. The molecular formula is C27H56S2. The molecule has 0 aliphatic carbocycles. The summed E-state index contributed by atoms with van der Waals surface area (Å²) in [6.45, 7) is 7.04. The molecule has 0 aromatic rings. The van der Waals surface area contributed by atoms with Gasteiger partial charge in [-0.25, -0.2) is 0 Å². The van der Waals surface area contributed by atoms with Crippen molar-refractivity contribution in [1.29, 1.82) is 0 Å². The van der Waals surface area contributed by atoms with Crippen LogP contribution in [0.5, 0.6) is 0 Å². The van der Waals surface area contributed by atoms with Crippen LogP contribution < -0.4 is 0 Å². The Morgan fingerprint density at radius 3 is 1.21 bits per heavy atom. The second-order valence-corrected chi connectivity index (χ2v) is 11.8. The Labute approximate surface area is 194 Å². The third-order valence-corrected chi connectivity index (χ3v) is 8.68. The number of rotatable bonds is 25. The predicted molar refractivity (Wildman–Crippen MR) is 143 cm³/mol. The first kappa shape index (κ1) is 29.7. The quantitative estimate of drug-likeness (QED) is 0.128. The molecule has 0 aromatic carbocycles. The van der Waals surface area contributed by atoms with E-state index in [1.807, 2.05) is 0 Å². The molecule has 0 fully saturated rings. The maximum atomic E-state index is 2.44. The zero-order valence-corrected chi connectivity index (χ0v) is 22.3. The minimum atomic E-state index is 0.849. The van der Waals surface area contributed by atoms with Crippen LogP contribution >= 0.6 is 23.5 Å². The average Bonchev–Trinajstić information content (AvgIpc) is 2.72. The van der Waals surface area contributed by atoms with Crippen LogP contribution in [0.15, 0.2) is 0 Å². The van der Waals surface area contributed by atoms with Crippen molar-refractivity contribution in [2.75, 3.05) is 17.3 Å². The molecule has 0 N–H and O–H groups in total. The van der Waals surface area contributed by atoms with Crippen LogP contribution in [0.4, 0.5) is 0 Å². The zero-order valence-electron chi connectivity index (χ0n) is 20.7. The largest absolute Gasteiger partial charge is 0.161 e. The summed E-state index contributed by atoms with van der Waals surface area (Å²) in [5.41, 5.74) is 0. The van der Waals surface area contributed by atoms with Gasteiger partial charge in [-0.05, 0) is 24.3 Å². The summed E-state index contributed by atoms with van der Waals surface area (Å²) in [5, 5.41) is 0.849. The Morgan fingerprint density at radius 2 is 0.793 bits per heavy atom. The van der Waals surface area contributed by atoms with E-state index in [1.165, 1.54) is 146 Å². The van der Waals surface area contributed by atoms with Gasteiger partial charge in [-0.15, -0.1) is 0 Å². The summed E-state index contributed by atoms with van der Waals surface area (Å²) >= 11 is 4.42. The second-order valence-electron chi connectivity index (χ2n) is 9.12. The van der Waals surface area contributed by atoms with Crippen molar-refractivity contribution in [2.45, 2.75) is 154 Å². The number of thioether (sulfide) groups is 2. The van der Waals surface area contributed by atoms with E-state index >= 15 is 0 Å². The fourth-order valence-corrected chi connectivity index (χ4v) is 6.22. The molecule has 29 heavy (non-hydrogen) atoms. The SMILES string of the molecule is CCCCCCCCCCCCSCC(C)SCCCCCCCCCCCC. The Hall–Kier alpha value is 0.700. The zero-order chi connectivity index (χ0) is 21.3. The van der Waals surface area contributed by atoms with Gasteiger partial charge in [-0.2, -0.15) is 23.5 Å². The third-order valence-electron chi connectivity index (χ3n) is 5.90. The molecule has 0 amide bonds. The first-order chi connectivity index (χ1) is 14.3. The lowest BCUT2D eigenvalue weighted by molar-refractivity contribution is 0.563. The Bertz CT molecular complexity index is 280. The van der Waals surface area contributed by atoms with Crippen molar-refractivity contribution in [1.82, 2.24) is 0 Å². The second kappa shape index (κ2) is 26.7. The molecule has 0 aliphatic rings. The highest BCUT2D eigenvalue weighted by Crippen LogP contribution is 2.20. The fourth-order valence-electron chi connectivity index (χ4n) is 3.86. The van der Waals surface area contributed by atoms with Gasteiger partial charge in [0.15, 0.2) is 0 Å². The molecule has 0 aliphatic heterocycles. The lowest BCUT2D eigenvalue weighted by Gasteiger charge is -2.11. The van der Waals surface area contributed by atoms with Crippen molar-refractivity contribution in [3.63, 3.8) is 0 Å². The van der Waals surface area contributed by atoms with Gasteiger partial charge in [-0.3, -0.25) is 0 Å². The number of hydrogen-bond donors (Lipinski definition) is 0. The first-order valence-electron chi connectivity index (χ1n) is 13.5. The van der Waals surface area contributed by atoms with Crippen molar-refractivity contribution in [3.8, 4) is 0 Å². The molecule has 0 aromatic heterocycles. The molecule has 1 unspecified atom stereocenters. The Kier molecular flexibility index (Phi) is 27.4. The smallest absolute Gasteiger partial charge is 0.0109 e. The molecular weight excluding hydrogens is 388 g/mol. The molecule has 2 heteroatoms. The van der Waals surface area contributed by atoms with E-state index in [0.717, 1.165) is 5.25 Å². The molecule has 0 bridgehead atoms. The van der Waals surface area contributed by atoms with Gasteiger partial charge in [-0.1, -0.05) is 136 Å². The maximum Gasteiger partial charge on any atom is 0.0109 e. The summed E-state index contributed by atoms with van der Waals surface area (Å²) < 4.78 is 0. The minimum absolute atomic E-state index is 0.849. The molecule has 1 atom stereocenters. The molecule has 176 valence electrons. The summed E-state index contributed by atoms with van der Waals surface area (Å²) in [6, 6.07) is 0. The van der Waals surface area contributed by atoms with Crippen LogP contribution in [0.25, 0.3) is 0 Å². The van der Waals surface area contributed by atoms with Crippen molar-refractivity contribution in [3.05, 3.63) is 0 Å². The van der Waals surface area contributed by atoms with E-state index in [4.69, 9.17) is 0 Å². The lowest BCUT2D eigenvalue weighted by Crippen LogP contribution is -2.02. The molecule has 0 rings (SSSR count). The van der Waals surface area contributed by atoms with Gasteiger partial charge in [0.2, 0.25) is 0 Å². The van der Waals surface area contributed by atoms with Gasteiger partial charge in [0, 0.05) is 11.0 Å². The average molecular weight is 445 g/mol. The highest BCUT2D eigenvalue weighted by molar-refractivity contribution is 8.03. The Morgan fingerprint density at radius 1 is 0.448 bits per heavy atom. The molecule has 0 saturated carbocycles. The van der Waals surface area contributed by atoms with Gasteiger partial charge < -0.3 is 0 Å². The molecule has 0 heterocycles. The van der Waals surface area contributed by atoms with Gasteiger partial charge in [0.25, 0.3) is 0 Å². The van der Waals surface area contributed by atoms with E-state index in [-0.39, 0.29) is 0 Å². The van der Waals surface area contributed by atoms with Crippen LogP contribution in [0.2, 0.25) is 0 Å². The van der Waals surface area contributed by atoms with E-state index in [9.17, 15) is 0 Å². The van der Waals surface area contributed by atoms with Crippen LogP contribution in [-0.2, 0) is 0 Å². The highest BCUT2D eigenvalue weighted by Gasteiger charge is 2.03. The molecule has 0 saturated heterocycles. The molecule has 0 spiro atoms. The van der Waals surface area contributed by atoms with E-state index in [0.29, 0.717) is 0 Å². The number of unbranched alkanes of at least 4 members (excludes halogenated alkanes) is 18. The van der Waals surface area contributed by atoms with Crippen LogP contribution in [0.3, 0.4) is 0 Å². The fraction of sp³-hybridized carbons (Fsp3) is 1.00. The minimum Gasteiger partial charge on any atom is -0.161 e.